The van der Waals surface area contributed by atoms with E-state index in [0.29, 0.717) is 23.8 Å². The number of carbonyl (C=O) groups is 2. The topological polar surface area (TPSA) is 58.2 Å². The van der Waals surface area contributed by atoms with Crippen LogP contribution in [0.4, 0.5) is 0 Å². The number of hydrogen-bond donors (Lipinski definition) is 2. The third kappa shape index (κ3) is 4.67. The van der Waals surface area contributed by atoms with E-state index in [1.54, 1.807) is 6.92 Å². The van der Waals surface area contributed by atoms with Crippen LogP contribution < -0.4 is 10.6 Å². The number of carbonyl (C=O) groups excluding carboxylic acids is 2. The Morgan fingerprint density at radius 1 is 1.09 bits per heavy atom. The van der Waals surface area contributed by atoms with Gasteiger partial charge in [0, 0.05) is 24.6 Å². The second-order valence-electron chi connectivity index (χ2n) is 6.27. The Balaban J connectivity index is 1.77. The van der Waals surface area contributed by atoms with Gasteiger partial charge in [-0.2, -0.15) is 0 Å². The van der Waals surface area contributed by atoms with Crippen LogP contribution in [0.15, 0.2) is 24.3 Å². The van der Waals surface area contributed by atoms with Crippen molar-refractivity contribution in [2.75, 3.05) is 13.6 Å². The van der Waals surface area contributed by atoms with Gasteiger partial charge in [0.1, 0.15) is 5.78 Å². The summed E-state index contributed by atoms with van der Waals surface area (Å²) in [4.78, 5) is 23.5. The van der Waals surface area contributed by atoms with E-state index in [0.717, 1.165) is 32.2 Å². The molecule has 0 aromatic heterocycles. The normalized spacial score (nSPS) is 21.4. The van der Waals surface area contributed by atoms with E-state index in [9.17, 15) is 9.59 Å². The van der Waals surface area contributed by atoms with Gasteiger partial charge in [0.05, 0.1) is 0 Å². The molecule has 120 valence electrons. The summed E-state index contributed by atoms with van der Waals surface area (Å²) in [6.45, 7) is 3.20. The van der Waals surface area contributed by atoms with Gasteiger partial charge in [0.25, 0.3) is 5.91 Å². The predicted octanol–water partition coefficient (Wildman–Crippen LogP) is 2.53. The molecule has 2 N–H and O–H groups in total. The summed E-state index contributed by atoms with van der Waals surface area (Å²) in [6.07, 6.45) is 4.00. The molecule has 0 saturated heterocycles. The highest BCUT2D eigenvalue weighted by Gasteiger charge is 2.24. The van der Waals surface area contributed by atoms with E-state index in [1.165, 1.54) is 5.56 Å². The Labute approximate surface area is 132 Å². The molecule has 0 bridgehead atoms. The van der Waals surface area contributed by atoms with E-state index in [2.05, 4.69) is 10.6 Å². The first kappa shape index (κ1) is 16.7. The largest absolute Gasteiger partial charge is 0.352 e. The molecule has 0 heterocycles. The molecule has 4 heteroatoms. The highest BCUT2D eigenvalue weighted by atomic mass is 16.1. The number of ketones is 1. The SMILES string of the molecule is CNCc1ccc(C(=O)NCC2CCC(C(C)=O)CC2)cc1. The molecule has 1 amide bonds. The first-order valence-electron chi connectivity index (χ1n) is 8.12. The molecule has 1 aromatic carbocycles. The van der Waals surface area contributed by atoms with Crippen molar-refractivity contribution in [1.29, 1.82) is 0 Å². The fourth-order valence-electron chi connectivity index (χ4n) is 3.09. The van der Waals surface area contributed by atoms with Crippen LogP contribution >= 0.6 is 0 Å². The summed E-state index contributed by atoms with van der Waals surface area (Å²) in [5.74, 6) is 1.05. The van der Waals surface area contributed by atoms with Crippen molar-refractivity contribution in [2.45, 2.75) is 39.2 Å². The third-order valence-electron chi connectivity index (χ3n) is 4.57. The Hall–Kier alpha value is -1.68. The van der Waals surface area contributed by atoms with Crippen molar-refractivity contribution >= 4 is 11.7 Å². The number of rotatable bonds is 6. The minimum atomic E-state index is -0.00954. The molecule has 0 aliphatic heterocycles. The highest BCUT2D eigenvalue weighted by Crippen LogP contribution is 2.28. The van der Waals surface area contributed by atoms with Crippen LogP contribution in [0.1, 0.15) is 48.5 Å². The zero-order chi connectivity index (χ0) is 15.9. The van der Waals surface area contributed by atoms with Crippen LogP contribution in [-0.2, 0) is 11.3 Å². The molecule has 1 saturated carbocycles. The zero-order valence-corrected chi connectivity index (χ0v) is 13.5. The molecule has 4 nitrogen and oxygen atoms in total. The van der Waals surface area contributed by atoms with Crippen molar-refractivity contribution in [3.8, 4) is 0 Å². The Morgan fingerprint density at radius 3 is 2.27 bits per heavy atom. The van der Waals surface area contributed by atoms with E-state index >= 15 is 0 Å². The minimum absolute atomic E-state index is 0.00954. The van der Waals surface area contributed by atoms with Gasteiger partial charge in [0.15, 0.2) is 0 Å². The van der Waals surface area contributed by atoms with Crippen LogP contribution in [0.2, 0.25) is 0 Å². The van der Waals surface area contributed by atoms with Crippen LogP contribution in [-0.4, -0.2) is 25.3 Å². The highest BCUT2D eigenvalue weighted by molar-refractivity contribution is 5.94. The molecule has 2 rings (SSSR count). The second kappa shape index (κ2) is 8.08. The summed E-state index contributed by atoms with van der Waals surface area (Å²) in [6, 6.07) is 7.69. The summed E-state index contributed by atoms with van der Waals surface area (Å²) in [5.41, 5.74) is 1.87. The van der Waals surface area contributed by atoms with Crippen molar-refractivity contribution in [1.82, 2.24) is 10.6 Å². The lowest BCUT2D eigenvalue weighted by Gasteiger charge is -2.27. The van der Waals surface area contributed by atoms with Crippen LogP contribution in [0, 0.1) is 11.8 Å². The van der Waals surface area contributed by atoms with Crippen LogP contribution in [0.5, 0.6) is 0 Å². The van der Waals surface area contributed by atoms with E-state index in [1.807, 2.05) is 31.3 Å². The van der Waals surface area contributed by atoms with Crippen LogP contribution in [0.25, 0.3) is 0 Å². The maximum atomic E-state index is 12.1. The first-order valence-corrected chi connectivity index (χ1v) is 8.12. The number of amides is 1. The molecule has 1 aliphatic rings. The van der Waals surface area contributed by atoms with Gasteiger partial charge < -0.3 is 10.6 Å². The van der Waals surface area contributed by atoms with Gasteiger partial charge in [-0.15, -0.1) is 0 Å². The molecule has 0 radical (unpaired) electrons. The van der Waals surface area contributed by atoms with Crippen LogP contribution in [0.3, 0.4) is 0 Å². The quantitative estimate of drug-likeness (QED) is 0.849. The maximum Gasteiger partial charge on any atom is 0.251 e. The smallest absolute Gasteiger partial charge is 0.251 e. The van der Waals surface area contributed by atoms with Gasteiger partial charge in [-0.3, -0.25) is 9.59 Å². The first-order chi connectivity index (χ1) is 10.6. The molecule has 1 aromatic rings. The predicted molar refractivity (Wildman–Crippen MR) is 87.7 cm³/mol. The van der Waals surface area contributed by atoms with Crippen molar-refractivity contribution < 1.29 is 9.59 Å². The van der Waals surface area contributed by atoms with E-state index in [4.69, 9.17) is 0 Å². The summed E-state index contributed by atoms with van der Waals surface area (Å²) in [7, 11) is 1.90. The van der Waals surface area contributed by atoms with E-state index in [-0.39, 0.29) is 11.8 Å². The fourth-order valence-corrected chi connectivity index (χ4v) is 3.09. The minimum Gasteiger partial charge on any atom is -0.352 e. The molecule has 0 unspecified atom stereocenters. The van der Waals surface area contributed by atoms with Gasteiger partial charge in [-0.1, -0.05) is 12.1 Å². The molecule has 22 heavy (non-hydrogen) atoms. The van der Waals surface area contributed by atoms with Gasteiger partial charge in [-0.25, -0.2) is 0 Å². The average molecular weight is 302 g/mol. The molecule has 1 fully saturated rings. The molecule has 1 aliphatic carbocycles. The standard InChI is InChI=1S/C18H26N2O2/c1-13(21)16-7-3-15(4-8-16)12-20-18(22)17-9-5-14(6-10-17)11-19-2/h5-6,9-10,15-16,19H,3-4,7-8,11-12H2,1-2H3,(H,20,22). The lowest BCUT2D eigenvalue weighted by atomic mass is 9.80. The Bertz CT molecular complexity index is 502. The Kier molecular flexibility index (Phi) is 6.13. The number of hydrogen-bond acceptors (Lipinski definition) is 3. The lowest BCUT2D eigenvalue weighted by Crippen LogP contribution is -2.32. The van der Waals surface area contributed by atoms with Gasteiger partial charge >= 0.3 is 0 Å². The summed E-state index contributed by atoms with van der Waals surface area (Å²) < 4.78 is 0. The third-order valence-corrected chi connectivity index (χ3v) is 4.57. The fraction of sp³-hybridized carbons (Fsp3) is 0.556. The summed E-state index contributed by atoms with van der Waals surface area (Å²) in [5, 5.41) is 6.11. The number of nitrogens with one attached hydrogen (secondary N) is 2. The number of Topliss-reactive ketones (excluding diaryl/α,β-unsaturated/α-hetero) is 1. The van der Waals surface area contributed by atoms with E-state index < -0.39 is 0 Å². The number of benzene rings is 1. The maximum absolute atomic E-state index is 12.1. The van der Waals surface area contributed by atoms with Crippen molar-refractivity contribution in [3.63, 3.8) is 0 Å². The second-order valence-corrected chi connectivity index (χ2v) is 6.27. The Morgan fingerprint density at radius 2 is 1.73 bits per heavy atom. The summed E-state index contributed by atoms with van der Waals surface area (Å²) >= 11 is 0. The molecule has 0 atom stereocenters. The van der Waals surface area contributed by atoms with Crippen molar-refractivity contribution in [3.05, 3.63) is 35.4 Å². The average Bonchev–Trinajstić information content (AvgIpc) is 2.54. The molecular formula is C18H26N2O2. The molecular weight excluding hydrogens is 276 g/mol. The zero-order valence-electron chi connectivity index (χ0n) is 13.5. The van der Waals surface area contributed by atoms with Gasteiger partial charge in [-0.05, 0) is 63.3 Å². The van der Waals surface area contributed by atoms with Gasteiger partial charge in [0.2, 0.25) is 0 Å². The van der Waals surface area contributed by atoms with Crippen molar-refractivity contribution in [2.24, 2.45) is 11.8 Å². The lowest BCUT2D eigenvalue weighted by molar-refractivity contribution is -0.121. The monoisotopic (exact) mass is 302 g/mol. The molecule has 0 spiro atoms.